The second-order valence-corrected chi connectivity index (χ2v) is 7.03. The fourth-order valence-electron chi connectivity index (χ4n) is 3.69. The fraction of sp³-hybridized carbons (Fsp3) is 0.632. The predicted molar refractivity (Wildman–Crippen MR) is 103 cm³/mol. The van der Waals surface area contributed by atoms with E-state index in [0.29, 0.717) is 19.7 Å². The Morgan fingerprint density at radius 3 is 2.42 bits per heavy atom. The van der Waals surface area contributed by atoms with Crippen LogP contribution in [0.25, 0.3) is 0 Å². The highest BCUT2D eigenvalue weighted by Crippen LogP contribution is 2.23. The van der Waals surface area contributed by atoms with Crippen LogP contribution >= 0.6 is 0 Å². The highest BCUT2D eigenvalue weighted by Gasteiger charge is 2.36. The Morgan fingerprint density at radius 2 is 1.81 bits per heavy atom. The molecule has 0 radical (unpaired) electrons. The molecule has 2 aliphatic rings. The molecule has 2 N–H and O–H groups in total. The van der Waals surface area contributed by atoms with Gasteiger partial charge in [-0.15, -0.1) is 0 Å². The molecule has 1 aromatic carbocycles. The maximum absolute atomic E-state index is 12.5. The van der Waals surface area contributed by atoms with Crippen LogP contribution in [0, 0.1) is 0 Å². The van der Waals surface area contributed by atoms with Gasteiger partial charge in [-0.25, -0.2) is 4.79 Å². The molecule has 2 saturated heterocycles. The average Bonchev–Trinajstić information content (AvgIpc) is 2.68. The van der Waals surface area contributed by atoms with Gasteiger partial charge in [0.05, 0.1) is 13.2 Å². The zero-order chi connectivity index (χ0) is 18.5. The Bertz CT molecular complexity index is 586. The van der Waals surface area contributed by atoms with Gasteiger partial charge in [-0.3, -0.25) is 9.80 Å². The molecule has 7 heteroatoms. The molecule has 1 amide bonds. The van der Waals surface area contributed by atoms with E-state index in [9.17, 15) is 4.79 Å². The van der Waals surface area contributed by atoms with Crippen molar-refractivity contribution in [2.75, 3.05) is 64.4 Å². The largest absolute Gasteiger partial charge is 0.450 e. The maximum atomic E-state index is 12.5. The lowest BCUT2D eigenvalue weighted by Gasteiger charge is -2.48. The molecule has 0 aromatic heterocycles. The zero-order valence-electron chi connectivity index (χ0n) is 15.9. The molecule has 2 aliphatic heterocycles. The quantitative estimate of drug-likeness (QED) is 0.863. The van der Waals surface area contributed by atoms with E-state index in [0.717, 1.165) is 44.8 Å². The van der Waals surface area contributed by atoms with E-state index in [1.54, 1.807) is 0 Å². The summed E-state index contributed by atoms with van der Waals surface area (Å²) in [6.45, 7) is 9.10. The Morgan fingerprint density at radius 1 is 1.12 bits per heavy atom. The molecule has 0 saturated carbocycles. The van der Waals surface area contributed by atoms with Crippen molar-refractivity contribution in [3.05, 3.63) is 29.8 Å². The van der Waals surface area contributed by atoms with E-state index in [1.807, 2.05) is 11.8 Å². The summed E-state index contributed by atoms with van der Waals surface area (Å²) in [6, 6.07) is 8.42. The topological polar surface area (TPSA) is 65.3 Å². The summed E-state index contributed by atoms with van der Waals surface area (Å²) in [5.74, 6) is 0. The lowest BCUT2D eigenvalue weighted by atomic mass is 10.1. The van der Waals surface area contributed by atoms with Crippen LogP contribution in [-0.4, -0.2) is 86.4 Å². The average molecular weight is 361 g/mol. The van der Waals surface area contributed by atoms with Crippen molar-refractivity contribution in [3.8, 4) is 0 Å². The Hall–Kier alpha value is -1.83. The maximum Gasteiger partial charge on any atom is 0.411 e. The monoisotopic (exact) mass is 361 g/mol. The van der Waals surface area contributed by atoms with Gasteiger partial charge in [-0.1, -0.05) is 12.1 Å². The van der Waals surface area contributed by atoms with Gasteiger partial charge in [0.15, 0.2) is 0 Å². The summed E-state index contributed by atoms with van der Waals surface area (Å²) in [7, 11) is 2.15. The number of benzene rings is 1. The molecular formula is C19H31N5O2. The summed E-state index contributed by atoms with van der Waals surface area (Å²) in [5.41, 5.74) is 8.03. The molecule has 1 aromatic rings. The number of hydrogen-bond donors (Lipinski definition) is 1. The minimum atomic E-state index is -0.199. The molecule has 3 rings (SSSR count). The molecule has 1 unspecified atom stereocenters. The molecule has 144 valence electrons. The van der Waals surface area contributed by atoms with Gasteiger partial charge < -0.3 is 20.3 Å². The number of ether oxygens (including phenoxy) is 1. The summed E-state index contributed by atoms with van der Waals surface area (Å²) < 4.78 is 5.31. The van der Waals surface area contributed by atoms with Crippen molar-refractivity contribution >= 4 is 11.8 Å². The van der Waals surface area contributed by atoms with Crippen LogP contribution in [-0.2, 0) is 11.3 Å². The molecule has 2 fully saturated rings. The van der Waals surface area contributed by atoms with Crippen molar-refractivity contribution in [2.45, 2.75) is 19.6 Å². The Balaban J connectivity index is 1.75. The fourth-order valence-corrected chi connectivity index (χ4v) is 3.69. The van der Waals surface area contributed by atoms with Gasteiger partial charge in [-0.05, 0) is 31.7 Å². The summed E-state index contributed by atoms with van der Waals surface area (Å²) in [4.78, 5) is 21.5. The van der Waals surface area contributed by atoms with Crippen LogP contribution in [0.15, 0.2) is 24.3 Å². The third-order valence-electron chi connectivity index (χ3n) is 5.35. The number of carbonyl (C=O) groups is 1. The number of likely N-dealkylation sites (N-methyl/N-ethyl adjacent to an activating group) is 1. The third kappa shape index (κ3) is 4.28. The summed E-state index contributed by atoms with van der Waals surface area (Å²) >= 11 is 0. The minimum Gasteiger partial charge on any atom is -0.450 e. The van der Waals surface area contributed by atoms with Gasteiger partial charge in [0.1, 0.15) is 6.17 Å². The van der Waals surface area contributed by atoms with E-state index in [-0.39, 0.29) is 12.3 Å². The van der Waals surface area contributed by atoms with Crippen molar-refractivity contribution in [3.63, 3.8) is 0 Å². The molecule has 0 aliphatic carbocycles. The number of rotatable bonds is 4. The van der Waals surface area contributed by atoms with Crippen molar-refractivity contribution in [1.29, 1.82) is 0 Å². The van der Waals surface area contributed by atoms with Crippen LogP contribution in [0.3, 0.4) is 0 Å². The third-order valence-corrected chi connectivity index (χ3v) is 5.35. The first-order valence-electron chi connectivity index (χ1n) is 9.52. The van der Waals surface area contributed by atoms with Crippen LogP contribution in [0.4, 0.5) is 10.5 Å². The number of anilines is 1. The van der Waals surface area contributed by atoms with Gasteiger partial charge in [0, 0.05) is 51.5 Å². The van der Waals surface area contributed by atoms with E-state index in [2.05, 4.69) is 46.0 Å². The molecular weight excluding hydrogens is 330 g/mol. The van der Waals surface area contributed by atoms with Crippen LogP contribution < -0.4 is 10.6 Å². The number of carbonyl (C=O) groups excluding carboxylic acids is 1. The first kappa shape index (κ1) is 18.9. The zero-order valence-corrected chi connectivity index (χ0v) is 15.9. The smallest absolute Gasteiger partial charge is 0.411 e. The number of nitrogens with two attached hydrogens (primary N) is 1. The lowest BCUT2D eigenvalue weighted by Crippen LogP contribution is -2.64. The number of hydrogen-bond acceptors (Lipinski definition) is 6. The Labute approximate surface area is 156 Å². The number of piperazine rings is 2. The first-order chi connectivity index (χ1) is 12.6. The van der Waals surface area contributed by atoms with Crippen LogP contribution in [0.5, 0.6) is 0 Å². The predicted octanol–water partition coefficient (Wildman–Crippen LogP) is 0.997. The van der Waals surface area contributed by atoms with Crippen molar-refractivity contribution in [2.24, 2.45) is 5.73 Å². The van der Waals surface area contributed by atoms with Gasteiger partial charge in [-0.2, -0.15) is 0 Å². The lowest BCUT2D eigenvalue weighted by molar-refractivity contribution is 0.00310. The van der Waals surface area contributed by atoms with E-state index in [4.69, 9.17) is 10.5 Å². The molecule has 0 bridgehead atoms. The second kappa shape index (κ2) is 8.70. The van der Waals surface area contributed by atoms with Gasteiger partial charge in [0.25, 0.3) is 0 Å². The second-order valence-electron chi connectivity index (χ2n) is 7.03. The van der Waals surface area contributed by atoms with E-state index in [1.165, 1.54) is 5.69 Å². The number of nitrogens with zero attached hydrogens (tertiary/aromatic N) is 4. The van der Waals surface area contributed by atoms with Crippen molar-refractivity contribution in [1.82, 2.24) is 14.7 Å². The molecule has 26 heavy (non-hydrogen) atoms. The first-order valence-corrected chi connectivity index (χ1v) is 9.52. The molecule has 0 spiro atoms. The molecule has 2 heterocycles. The Kier molecular flexibility index (Phi) is 6.34. The SMILES string of the molecule is CCOC(=O)N1CCN(c2ccc(CN)cc2)CC1N1CCN(C)CC1. The molecule has 1 atom stereocenters. The van der Waals surface area contributed by atoms with Crippen molar-refractivity contribution < 1.29 is 9.53 Å². The summed E-state index contributed by atoms with van der Waals surface area (Å²) in [5, 5.41) is 0. The standard InChI is InChI=1S/C19H31N5O2/c1-3-26-19(25)24-13-12-23(17-6-4-16(14-20)5-7-17)15-18(24)22-10-8-21(2)9-11-22/h4-7,18H,3,8-15,20H2,1-2H3. The van der Waals surface area contributed by atoms with E-state index < -0.39 is 0 Å². The van der Waals surface area contributed by atoms with E-state index >= 15 is 0 Å². The molecule has 7 nitrogen and oxygen atoms in total. The summed E-state index contributed by atoms with van der Waals surface area (Å²) in [6.07, 6.45) is -0.153. The number of amides is 1. The van der Waals surface area contributed by atoms with Crippen LogP contribution in [0.2, 0.25) is 0 Å². The van der Waals surface area contributed by atoms with Gasteiger partial charge >= 0.3 is 6.09 Å². The highest BCUT2D eigenvalue weighted by molar-refractivity contribution is 5.68. The highest BCUT2D eigenvalue weighted by atomic mass is 16.6. The van der Waals surface area contributed by atoms with Gasteiger partial charge in [0.2, 0.25) is 0 Å². The normalized spacial score (nSPS) is 22.5. The minimum absolute atomic E-state index is 0.0469. The van der Waals surface area contributed by atoms with Crippen LogP contribution in [0.1, 0.15) is 12.5 Å².